The number of thioether (sulfide) groups is 1. The van der Waals surface area contributed by atoms with Crippen molar-refractivity contribution in [3.8, 4) is 0 Å². The third kappa shape index (κ3) is 3.39. The van der Waals surface area contributed by atoms with Gasteiger partial charge in [0.15, 0.2) is 0 Å². The van der Waals surface area contributed by atoms with Crippen molar-refractivity contribution < 1.29 is 4.74 Å². The number of nitrogens with zero attached hydrogens (tertiary/aromatic N) is 1. The molecule has 4 heteroatoms. The molecule has 2 rings (SSSR count). The van der Waals surface area contributed by atoms with Crippen LogP contribution < -0.4 is 5.32 Å². The molecule has 88 valence electrons. The minimum absolute atomic E-state index is 0.744. The molecule has 1 aliphatic rings. The zero-order valence-corrected chi connectivity index (χ0v) is 10.4. The van der Waals surface area contributed by atoms with Gasteiger partial charge in [-0.25, -0.2) is 0 Å². The maximum Gasteiger partial charge on any atom is 0.0523 e. The lowest BCUT2D eigenvalue weighted by molar-refractivity contribution is 0.1000. The molecule has 0 aliphatic carbocycles. The largest absolute Gasteiger partial charge is 0.388 e. The highest BCUT2D eigenvalue weighted by molar-refractivity contribution is 7.99. The number of pyridine rings is 1. The number of anilines is 1. The van der Waals surface area contributed by atoms with E-state index in [2.05, 4.69) is 16.4 Å². The number of nitrogens with one attached hydrogen (secondary N) is 1. The van der Waals surface area contributed by atoms with Crippen molar-refractivity contribution in [3.05, 3.63) is 24.0 Å². The summed E-state index contributed by atoms with van der Waals surface area (Å²) in [7, 11) is 1.94. The van der Waals surface area contributed by atoms with Crippen LogP contribution in [0.15, 0.2) is 18.3 Å². The van der Waals surface area contributed by atoms with Crippen molar-refractivity contribution in [2.45, 2.75) is 23.8 Å². The Kier molecular flexibility index (Phi) is 4.48. The molecule has 16 heavy (non-hydrogen) atoms. The Morgan fingerprint density at radius 2 is 2.31 bits per heavy atom. The first-order chi connectivity index (χ1) is 7.88. The summed E-state index contributed by atoms with van der Waals surface area (Å²) in [6.07, 6.45) is 4.22. The van der Waals surface area contributed by atoms with E-state index in [0.717, 1.165) is 35.6 Å². The molecule has 0 spiro atoms. The second-order valence-electron chi connectivity index (χ2n) is 3.91. The van der Waals surface area contributed by atoms with E-state index >= 15 is 0 Å². The van der Waals surface area contributed by atoms with Crippen molar-refractivity contribution in [2.24, 2.45) is 0 Å². The Hall–Kier alpha value is -0.740. The van der Waals surface area contributed by atoms with Crippen LogP contribution in [-0.4, -0.2) is 30.5 Å². The predicted octanol–water partition coefficient (Wildman–Crippen LogP) is 2.54. The molecule has 1 N–H and O–H groups in total. The van der Waals surface area contributed by atoms with Crippen LogP contribution in [0.4, 0.5) is 5.69 Å². The molecule has 0 saturated carbocycles. The third-order valence-corrected chi connectivity index (χ3v) is 4.15. The van der Waals surface area contributed by atoms with Crippen molar-refractivity contribution in [2.75, 3.05) is 25.6 Å². The fraction of sp³-hybridized carbons (Fsp3) is 0.583. The monoisotopic (exact) mass is 238 g/mol. The second kappa shape index (κ2) is 6.11. The summed E-state index contributed by atoms with van der Waals surface area (Å²) in [6.45, 7) is 1.84. The smallest absolute Gasteiger partial charge is 0.0523 e. The van der Waals surface area contributed by atoms with Gasteiger partial charge >= 0.3 is 0 Å². The van der Waals surface area contributed by atoms with Gasteiger partial charge in [0.1, 0.15) is 0 Å². The van der Waals surface area contributed by atoms with Crippen LogP contribution in [0.1, 0.15) is 18.5 Å². The van der Waals surface area contributed by atoms with Crippen LogP contribution >= 0.6 is 11.8 Å². The molecule has 1 aromatic rings. The normalized spacial score (nSPS) is 17.3. The Morgan fingerprint density at radius 1 is 1.50 bits per heavy atom. The zero-order valence-electron chi connectivity index (χ0n) is 9.61. The van der Waals surface area contributed by atoms with E-state index in [4.69, 9.17) is 4.74 Å². The van der Waals surface area contributed by atoms with Crippen molar-refractivity contribution >= 4 is 17.4 Å². The van der Waals surface area contributed by atoms with Crippen LogP contribution in [0.3, 0.4) is 0 Å². The van der Waals surface area contributed by atoms with Crippen LogP contribution in [0.25, 0.3) is 0 Å². The highest BCUT2D eigenvalue weighted by atomic mass is 32.2. The zero-order chi connectivity index (χ0) is 11.2. The fourth-order valence-electron chi connectivity index (χ4n) is 1.76. The quantitative estimate of drug-likeness (QED) is 0.874. The Bertz CT molecular complexity index is 327. The van der Waals surface area contributed by atoms with Gasteiger partial charge in [-0.3, -0.25) is 4.98 Å². The summed E-state index contributed by atoms with van der Waals surface area (Å²) in [6, 6.07) is 4.11. The molecule has 1 fully saturated rings. The summed E-state index contributed by atoms with van der Waals surface area (Å²) in [5.41, 5.74) is 2.29. The molecule has 0 amide bonds. The highest BCUT2D eigenvalue weighted by Crippen LogP contribution is 2.25. The van der Waals surface area contributed by atoms with E-state index in [1.165, 1.54) is 12.8 Å². The molecule has 0 unspecified atom stereocenters. The molecular weight excluding hydrogens is 220 g/mol. The lowest BCUT2D eigenvalue weighted by Gasteiger charge is -2.21. The molecule has 0 radical (unpaired) electrons. The second-order valence-corrected chi connectivity index (χ2v) is 5.20. The van der Waals surface area contributed by atoms with Gasteiger partial charge in [0.05, 0.1) is 5.69 Å². The molecule has 0 aromatic carbocycles. The molecule has 0 atom stereocenters. The van der Waals surface area contributed by atoms with E-state index in [1.807, 2.05) is 31.1 Å². The topological polar surface area (TPSA) is 34.2 Å². The number of aromatic nitrogens is 1. The number of hydrogen-bond acceptors (Lipinski definition) is 4. The molecule has 1 saturated heterocycles. The lowest BCUT2D eigenvalue weighted by Crippen LogP contribution is -2.17. The SMILES string of the molecule is CNc1ccnc(CSC2CCOCC2)c1. The maximum atomic E-state index is 5.35. The van der Waals surface area contributed by atoms with Crippen LogP contribution in [0.5, 0.6) is 0 Å². The van der Waals surface area contributed by atoms with Gasteiger partial charge < -0.3 is 10.1 Å². The predicted molar refractivity (Wildman–Crippen MR) is 68.9 cm³/mol. The minimum atomic E-state index is 0.744. The fourth-order valence-corrected chi connectivity index (χ4v) is 2.85. The first-order valence-electron chi connectivity index (χ1n) is 5.70. The minimum Gasteiger partial charge on any atom is -0.388 e. The standard InChI is InChI=1S/C12H18N2OS/c1-13-10-2-5-14-11(8-10)9-16-12-3-6-15-7-4-12/h2,5,8,12H,3-4,6-7,9H2,1H3,(H,13,14). The summed E-state index contributed by atoms with van der Waals surface area (Å²) in [5.74, 6) is 1.00. The van der Waals surface area contributed by atoms with Gasteiger partial charge in [0, 0.05) is 43.1 Å². The molecule has 2 heterocycles. The Morgan fingerprint density at radius 3 is 3.06 bits per heavy atom. The molecule has 0 bridgehead atoms. The van der Waals surface area contributed by atoms with Gasteiger partial charge in [0.25, 0.3) is 0 Å². The van der Waals surface area contributed by atoms with E-state index in [9.17, 15) is 0 Å². The number of hydrogen-bond donors (Lipinski definition) is 1. The van der Waals surface area contributed by atoms with E-state index in [0.29, 0.717) is 0 Å². The lowest BCUT2D eigenvalue weighted by atomic mass is 10.2. The summed E-state index contributed by atoms with van der Waals surface area (Å²) >= 11 is 2.00. The van der Waals surface area contributed by atoms with Crippen molar-refractivity contribution in [1.82, 2.24) is 4.98 Å². The van der Waals surface area contributed by atoms with Crippen molar-refractivity contribution in [1.29, 1.82) is 0 Å². The van der Waals surface area contributed by atoms with Gasteiger partial charge in [-0.15, -0.1) is 0 Å². The molecule has 1 aromatic heterocycles. The average Bonchev–Trinajstić information content (AvgIpc) is 2.38. The Balaban J connectivity index is 1.83. The van der Waals surface area contributed by atoms with E-state index in [1.54, 1.807) is 0 Å². The summed E-state index contributed by atoms with van der Waals surface area (Å²) in [4.78, 5) is 4.38. The molecule has 3 nitrogen and oxygen atoms in total. The van der Waals surface area contributed by atoms with Gasteiger partial charge in [-0.1, -0.05) is 0 Å². The van der Waals surface area contributed by atoms with Gasteiger partial charge in [-0.2, -0.15) is 11.8 Å². The van der Waals surface area contributed by atoms with Crippen LogP contribution in [-0.2, 0) is 10.5 Å². The van der Waals surface area contributed by atoms with Crippen LogP contribution in [0, 0.1) is 0 Å². The third-order valence-electron chi connectivity index (χ3n) is 2.74. The number of ether oxygens (including phenoxy) is 1. The van der Waals surface area contributed by atoms with Gasteiger partial charge in [0.2, 0.25) is 0 Å². The van der Waals surface area contributed by atoms with E-state index < -0.39 is 0 Å². The Labute approximate surface area is 101 Å². The number of rotatable bonds is 4. The molecule has 1 aliphatic heterocycles. The van der Waals surface area contributed by atoms with E-state index in [-0.39, 0.29) is 0 Å². The molecular formula is C12H18N2OS. The van der Waals surface area contributed by atoms with Gasteiger partial charge in [-0.05, 0) is 25.0 Å². The summed E-state index contributed by atoms with van der Waals surface area (Å²) in [5, 5.41) is 3.88. The maximum absolute atomic E-state index is 5.35. The van der Waals surface area contributed by atoms with Crippen molar-refractivity contribution in [3.63, 3.8) is 0 Å². The summed E-state index contributed by atoms with van der Waals surface area (Å²) < 4.78 is 5.35. The first-order valence-corrected chi connectivity index (χ1v) is 6.75. The average molecular weight is 238 g/mol. The first kappa shape index (κ1) is 11.7. The van der Waals surface area contributed by atoms with Crippen LogP contribution in [0.2, 0.25) is 0 Å². The highest BCUT2D eigenvalue weighted by Gasteiger charge is 2.14.